The SMILES string of the molecule is FC(F)(F)c1ccc(N2CCN(CC[C@@H]3OCCc4cc(-c5ncn[nH]5)ccc43)CC2)cc1. The summed E-state index contributed by atoms with van der Waals surface area (Å²) in [5.74, 6) is 0.770. The molecule has 0 unspecified atom stereocenters. The second-order valence-corrected chi connectivity index (χ2v) is 8.52. The number of alkyl halides is 3. The van der Waals surface area contributed by atoms with Crippen LogP contribution in [0.2, 0.25) is 0 Å². The zero-order valence-electron chi connectivity index (χ0n) is 18.2. The van der Waals surface area contributed by atoms with Gasteiger partial charge in [0.2, 0.25) is 0 Å². The molecule has 1 saturated heterocycles. The second-order valence-electron chi connectivity index (χ2n) is 8.52. The van der Waals surface area contributed by atoms with Gasteiger partial charge < -0.3 is 9.64 Å². The topological polar surface area (TPSA) is 57.3 Å². The normalized spacial score (nSPS) is 19.5. The fourth-order valence-electron chi connectivity index (χ4n) is 4.66. The summed E-state index contributed by atoms with van der Waals surface area (Å²) in [5.41, 5.74) is 3.81. The van der Waals surface area contributed by atoms with Gasteiger partial charge in [-0.15, -0.1) is 0 Å². The van der Waals surface area contributed by atoms with E-state index in [-0.39, 0.29) is 6.10 Å². The maximum atomic E-state index is 12.8. The van der Waals surface area contributed by atoms with E-state index in [1.165, 1.54) is 17.5 Å². The average molecular weight is 458 g/mol. The zero-order chi connectivity index (χ0) is 22.8. The Balaban J connectivity index is 1.15. The number of ether oxygens (including phenoxy) is 1. The van der Waals surface area contributed by atoms with E-state index in [4.69, 9.17) is 4.74 Å². The molecule has 33 heavy (non-hydrogen) atoms. The fourth-order valence-corrected chi connectivity index (χ4v) is 4.66. The fraction of sp³-hybridized carbons (Fsp3) is 0.417. The van der Waals surface area contributed by atoms with Crippen LogP contribution in [0.1, 0.15) is 29.2 Å². The van der Waals surface area contributed by atoms with Crippen LogP contribution < -0.4 is 4.90 Å². The number of anilines is 1. The van der Waals surface area contributed by atoms with E-state index in [0.29, 0.717) is 6.61 Å². The molecule has 3 heterocycles. The van der Waals surface area contributed by atoms with Crippen molar-refractivity contribution in [2.45, 2.75) is 25.1 Å². The van der Waals surface area contributed by atoms with Gasteiger partial charge in [-0.2, -0.15) is 18.3 Å². The lowest BCUT2D eigenvalue weighted by atomic mass is 9.93. The van der Waals surface area contributed by atoms with Gasteiger partial charge in [-0.1, -0.05) is 12.1 Å². The standard InChI is InChI=1S/C24H26F3N5O/c25-24(26,27)19-2-4-20(5-3-19)32-12-10-31(11-13-32)9-7-22-21-6-1-18(23-28-16-29-30-23)15-17(21)8-14-33-22/h1-6,15-16,22H,7-14H2,(H,28,29,30)/t22-/m0/s1. The summed E-state index contributed by atoms with van der Waals surface area (Å²) in [4.78, 5) is 8.79. The molecule has 0 saturated carbocycles. The minimum atomic E-state index is -4.30. The Kier molecular flexibility index (Phi) is 6.07. The molecule has 0 radical (unpaired) electrons. The van der Waals surface area contributed by atoms with Gasteiger partial charge >= 0.3 is 6.18 Å². The van der Waals surface area contributed by atoms with Crippen LogP contribution in [-0.4, -0.2) is 59.4 Å². The average Bonchev–Trinajstić information content (AvgIpc) is 3.37. The van der Waals surface area contributed by atoms with Crippen LogP contribution in [0.3, 0.4) is 0 Å². The van der Waals surface area contributed by atoms with Gasteiger partial charge in [0.1, 0.15) is 6.33 Å². The van der Waals surface area contributed by atoms with E-state index in [0.717, 1.165) is 74.8 Å². The van der Waals surface area contributed by atoms with Gasteiger partial charge in [-0.25, -0.2) is 4.98 Å². The monoisotopic (exact) mass is 457 g/mol. The summed E-state index contributed by atoms with van der Waals surface area (Å²) in [6.07, 6.45) is -0.910. The smallest absolute Gasteiger partial charge is 0.373 e. The summed E-state index contributed by atoms with van der Waals surface area (Å²) < 4.78 is 44.5. The number of aromatic amines is 1. The number of nitrogens with zero attached hydrogens (tertiary/aromatic N) is 4. The Morgan fingerprint density at radius 2 is 1.82 bits per heavy atom. The largest absolute Gasteiger partial charge is 0.416 e. The molecule has 2 aliphatic heterocycles. The summed E-state index contributed by atoms with van der Waals surface area (Å²) >= 11 is 0. The molecule has 6 nitrogen and oxygen atoms in total. The molecule has 5 rings (SSSR count). The van der Waals surface area contributed by atoms with Gasteiger partial charge in [0.05, 0.1) is 18.3 Å². The first kappa shape index (κ1) is 21.9. The molecule has 1 aromatic heterocycles. The summed E-state index contributed by atoms with van der Waals surface area (Å²) in [5, 5.41) is 6.84. The van der Waals surface area contributed by atoms with Gasteiger partial charge in [0.25, 0.3) is 0 Å². The number of benzene rings is 2. The third-order valence-electron chi connectivity index (χ3n) is 6.51. The van der Waals surface area contributed by atoms with Crippen molar-refractivity contribution < 1.29 is 17.9 Å². The van der Waals surface area contributed by atoms with E-state index < -0.39 is 11.7 Å². The molecule has 1 fully saturated rings. The Hall–Kier alpha value is -2.91. The van der Waals surface area contributed by atoms with E-state index in [2.05, 4.69) is 43.2 Å². The van der Waals surface area contributed by atoms with Gasteiger partial charge in [0, 0.05) is 44.0 Å². The first-order valence-corrected chi connectivity index (χ1v) is 11.2. The highest BCUT2D eigenvalue weighted by molar-refractivity contribution is 5.57. The van der Waals surface area contributed by atoms with Crippen LogP contribution >= 0.6 is 0 Å². The van der Waals surface area contributed by atoms with Crippen LogP contribution in [0.15, 0.2) is 48.8 Å². The number of halogens is 3. The van der Waals surface area contributed by atoms with Gasteiger partial charge in [-0.05, 0) is 54.3 Å². The van der Waals surface area contributed by atoms with Crippen molar-refractivity contribution in [2.24, 2.45) is 0 Å². The molecule has 0 spiro atoms. The first-order chi connectivity index (χ1) is 16.0. The molecule has 2 aliphatic rings. The lowest BCUT2D eigenvalue weighted by molar-refractivity contribution is -0.137. The molecular weight excluding hydrogens is 431 g/mol. The van der Waals surface area contributed by atoms with Crippen molar-refractivity contribution in [2.75, 3.05) is 44.2 Å². The highest BCUT2D eigenvalue weighted by Gasteiger charge is 2.30. The maximum absolute atomic E-state index is 12.8. The number of piperazine rings is 1. The first-order valence-electron chi connectivity index (χ1n) is 11.2. The van der Waals surface area contributed by atoms with Crippen molar-refractivity contribution >= 4 is 5.69 Å². The van der Waals surface area contributed by atoms with E-state index >= 15 is 0 Å². The number of hydrogen-bond donors (Lipinski definition) is 1. The quantitative estimate of drug-likeness (QED) is 0.619. The molecule has 3 aromatic rings. The molecule has 1 N–H and O–H groups in total. The molecule has 9 heteroatoms. The molecule has 0 amide bonds. The highest BCUT2D eigenvalue weighted by atomic mass is 19.4. The Morgan fingerprint density at radius 3 is 2.52 bits per heavy atom. The molecule has 0 aliphatic carbocycles. The van der Waals surface area contributed by atoms with Crippen LogP contribution in [-0.2, 0) is 17.3 Å². The minimum absolute atomic E-state index is 0.0745. The number of fused-ring (bicyclic) bond motifs is 1. The summed E-state index contributed by atoms with van der Waals surface area (Å²) in [6.45, 7) is 4.99. The van der Waals surface area contributed by atoms with Crippen molar-refractivity contribution in [1.82, 2.24) is 20.1 Å². The minimum Gasteiger partial charge on any atom is -0.373 e. The molecule has 0 bridgehead atoms. The highest BCUT2D eigenvalue weighted by Crippen LogP contribution is 2.33. The third kappa shape index (κ3) is 4.89. The summed E-state index contributed by atoms with van der Waals surface area (Å²) in [7, 11) is 0. The number of hydrogen-bond acceptors (Lipinski definition) is 5. The third-order valence-corrected chi connectivity index (χ3v) is 6.51. The second kappa shape index (κ2) is 9.15. The van der Waals surface area contributed by atoms with E-state index in [9.17, 15) is 13.2 Å². The lowest BCUT2D eigenvalue weighted by Gasteiger charge is -2.37. The van der Waals surface area contributed by atoms with Crippen LogP contribution in [0.25, 0.3) is 11.4 Å². The lowest BCUT2D eigenvalue weighted by Crippen LogP contribution is -2.47. The van der Waals surface area contributed by atoms with Crippen molar-refractivity contribution in [3.8, 4) is 11.4 Å². The van der Waals surface area contributed by atoms with Crippen molar-refractivity contribution in [3.63, 3.8) is 0 Å². The van der Waals surface area contributed by atoms with Gasteiger partial charge in [0.15, 0.2) is 5.82 Å². The number of rotatable bonds is 5. The predicted octanol–water partition coefficient (Wildman–Crippen LogP) is 4.32. The zero-order valence-corrected chi connectivity index (χ0v) is 18.2. The van der Waals surface area contributed by atoms with Crippen molar-refractivity contribution in [3.05, 3.63) is 65.5 Å². The molecular formula is C24H26F3N5O. The molecule has 2 aromatic carbocycles. The maximum Gasteiger partial charge on any atom is 0.416 e. The predicted molar refractivity (Wildman–Crippen MR) is 119 cm³/mol. The Morgan fingerprint density at radius 1 is 1.03 bits per heavy atom. The van der Waals surface area contributed by atoms with E-state index in [1.54, 1.807) is 12.1 Å². The molecule has 174 valence electrons. The number of nitrogens with one attached hydrogen (secondary N) is 1. The Labute approximate surface area is 190 Å². The van der Waals surface area contributed by atoms with E-state index in [1.807, 2.05) is 0 Å². The number of H-pyrrole nitrogens is 1. The van der Waals surface area contributed by atoms with Crippen LogP contribution in [0, 0.1) is 0 Å². The van der Waals surface area contributed by atoms with Crippen molar-refractivity contribution in [1.29, 1.82) is 0 Å². The van der Waals surface area contributed by atoms with Crippen LogP contribution in [0.5, 0.6) is 0 Å². The van der Waals surface area contributed by atoms with Gasteiger partial charge in [-0.3, -0.25) is 10.00 Å². The molecule has 1 atom stereocenters. The number of aromatic nitrogens is 3. The van der Waals surface area contributed by atoms with Crippen LogP contribution in [0.4, 0.5) is 18.9 Å². The summed E-state index contributed by atoms with van der Waals surface area (Å²) in [6, 6.07) is 11.8. The Bertz CT molecular complexity index is 1060.